The van der Waals surface area contributed by atoms with Crippen LogP contribution in [0.1, 0.15) is 0 Å². The molecule has 0 aromatic rings. The highest BCUT2D eigenvalue weighted by atomic mass is 32.2. The van der Waals surface area contributed by atoms with E-state index in [-0.39, 0.29) is 0 Å². The minimum atomic E-state index is -3.72. The Morgan fingerprint density at radius 3 is 1.25 bits per heavy atom. The molecule has 0 saturated heterocycles. The second-order valence-corrected chi connectivity index (χ2v) is 17.5. The van der Waals surface area contributed by atoms with E-state index in [9.17, 15) is 16.8 Å². The van der Waals surface area contributed by atoms with Crippen molar-refractivity contribution in [3.63, 3.8) is 0 Å². The van der Waals surface area contributed by atoms with Crippen molar-refractivity contribution < 1.29 is 24.6 Å². The van der Waals surface area contributed by atoms with Crippen molar-refractivity contribution in [3.8, 4) is 0 Å². The largest absolute Gasteiger partial charge is 0.312 e. The van der Waals surface area contributed by atoms with Gasteiger partial charge in [0.1, 0.15) is 0 Å². The van der Waals surface area contributed by atoms with Crippen LogP contribution in [0.4, 0.5) is 0 Å². The molecule has 0 aliphatic rings. The summed E-state index contributed by atoms with van der Waals surface area (Å²) in [6.07, 6.45) is 0. The first-order valence-electron chi connectivity index (χ1n) is 5.90. The molecule has 0 amide bonds. The zero-order valence-electron chi connectivity index (χ0n) is 12.2. The average molecular weight is 359 g/mol. The molecule has 0 rings (SSSR count). The Balaban J connectivity index is 4.75. The molecule has 0 fully saturated rings. The van der Waals surface area contributed by atoms with Gasteiger partial charge in [-0.1, -0.05) is 13.2 Å². The third-order valence-electron chi connectivity index (χ3n) is 2.42. The van der Waals surface area contributed by atoms with Crippen molar-refractivity contribution in [2.45, 2.75) is 38.3 Å². The quantitative estimate of drug-likeness (QED) is 0.588. The molecular weight excluding hydrogens is 336 g/mol. The molecule has 0 bridgehead atoms. The SMILES string of the molecule is C=CS(=O)(=O)O[Si](C)(C)CC[Si](C)(C)OS(=O)(=O)C=C. The van der Waals surface area contributed by atoms with Crippen LogP contribution in [-0.2, 0) is 28.0 Å². The normalized spacial score (nSPS) is 14.0. The monoisotopic (exact) mass is 358 g/mol. The van der Waals surface area contributed by atoms with Crippen LogP contribution >= 0.6 is 0 Å². The fourth-order valence-corrected chi connectivity index (χ4v) is 12.4. The molecule has 0 aromatic carbocycles. The Morgan fingerprint density at radius 1 is 0.800 bits per heavy atom. The molecule has 118 valence electrons. The molecule has 10 heteroatoms. The van der Waals surface area contributed by atoms with E-state index in [1.807, 2.05) is 0 Å². The summed E-state index contributed by atoms with van der Waals surface area (Å²) in [4.78, 5) is 0. The van der Waals surface area contributed by atoms with Gasteiger partial charge < -0.3 is 7.74 Å². The number of rotatable bonds is 9. The molecular formula is C10H22O6S2Si2. The lowest BCUT2D eigenvalue weighted by atomic mass is 10.9. The second kappa shape index (κ2) is 6.66. The fourth-order valence-electron chi connectivity index (χ4n) is 1.38. The summed E-state index contributed by atoms with van der Waals surface area (Å²) in [7, 11) is -12.4. The van der Waals surface area contributed by atoms with Crippen LogP contribution in [-0.4, -0.2) is 33.5 Å². The lowest BCUT2D eigenvalue weighted by Crippen LogP contribution is -2.38. The Labute approximate surface area is 124 Å². The van der Waals surface area contributed by atoms with E-state index < -0.39 is 36.9 Å². The van der Waals surface area contributed by atoms with Crippen LogP contribution in [0.5, 0.6) is 0 Å². The third kappa shape index (κ3) is 8.12. The Hall–Kier alpha value is -0.266. The van der Waals surface area contributed by atoms with Crippen LogP contribution in [0.2, 0.25) is 38.3 Å². The van der Waals surface area contributed by atoms with Crippen molar-refractivity contribution in [3.05, 3.63) is 24.0 Å². The van der Waals surface area contributed by atoms with E-state index in [4.69, 9.17) is 7.74 Å². The maximum absolute atomic E-state index is 11.4. The molecule has 0 unspecified atom stereocenters. The van der Waals surface area contributed by atoms with E-state index >= 15 is 0 Å². The zero-order chi connectivity index (χ0) is 16.2. The Bertz CT molecular complexity index is 511. The van der Waals surface area contributed by atoms with Crippen LogP contribution in [0, 0.1) is 0 Å². The molecule has 0 aromatic heterocycles. The smallest absolute Gasteiger partial charge is 0.279 e. The minimum absolute atomic E-state index is 0.478. The van der Waals surface area contributed by atoms with Crippen molar-refractivity contribution in [1.82, 2.24) is 0 Å². The molecule has 0 radical (unpaired) electrons. The molecule has 0 heterocycles. The maximum atomic E-state index is 11.4. The summed E-state index contributed by atoms with van der Waals surface area (Å²) >= 11 is 0. The van der Waals surface area contributed by atoms with E-state index in [0.717, 1.165) is 10.8 Å². The first-order chi connectivity index (χ1) is 8.74. The van der Waals surface area contributed by atoms with Gasteiger partial charge in [0.15, 0.2) is 0 Å². The highest BCUT2D eigenvalue weighted by Gasteiger charge is 2.35. The summed E-state index contributed by atoms with van der Waals surface area (Å²) in [5.74, 6) is 0. The standard InChI is InChI=1S/C10H22O6S2Si2/c1-7-17(11,12)15-19(3,4)9-10-20(5,6)16-18(13,14)8-2/h7-8H,1-2,9-10H2,3-6H3. The highest BCUT2D eigenvalue weighted by molar-refractivity contribution is 7.91. The molecule has 0 N–H and O–H groups in total. The van der Waals surface area contributed by atoms with Gasteiger partial charge in [-0.25, -0.2) is 0 Å². The van der Waals surface area contributed by atoms with E-state index in [2.05, 4.69) is 13.2 Å². The van der Waals surface area contributed by atoms with Crippen LogP contribution < -0.4 is 0 Å². The van der Waals surface area contributed by atoms with Gasteiger partial charge in [-0.15, -0.1) is 0 Å². The summed E-state index contributed by atoms with van der Waals surface area (Å²) in [5, 5.41) is 1.53. The lowest BCUT2D eigenvalue weighted by Gasteiger charge is -2.26. The summed E-state index contributed by atoms with van der Waals surface area (Å²) in [6, 6.07) is 0.956. The van der Waals surface area contributed by atoms with Gasteiger partial charge in [0.2, 0.25) is 16.6 Å². The summed E-state index contributed by atoms with van der Waals surface area (Å²) in [5.41, 5.74) is 0. The molecule has 0 aliphatic heterocycles. The summed E-state index contributed by atoms with van der Waals surface area (Å²) < 4.78 is 55.8. The molecule has 0 atom stereocenters. The predicted octanol–water partition coefficient (Wildman–Crippen LogP) is 2.38. The van der Waals surface area contributed by atoms with Crippen LogP contribution in [0.3, 0.4) is 0 Å². The highest BCUT2D eigenvalue weighted by Crippen LogP contribution is 2.25. The summed E-state index contributed by atoms with van der Waals surface area (Å²) in [6.45, 7) is 13.4. The van der Waals surface area contributed by atoms with Crippen LogP contribution in [0.25, 0.3) is 0 Å². The number of hydrogen-bond donors (Lipinski definition) is 0. The Kier molecular flexibility index (Phi) is 6.58. The van der Waals surface area contributed by atoms with Crippen molar-refractivity contribution in [2.24, 2.45) is 0 Å². The van der Waals surface area contributed by atoms with Crippen LogP contribution in [0.15, 0.2) is 24.0 Å². The van der Waals surface area contributed by atoms with E-state index in [1.165, 1.54) is 0 Å². The zero-order valence-corrected chi connectivity index (χ0v) is 15.9. The maximum Gasteiger partial charge on any atom is 0.279 e. The van der Waals surface area contributed by atoms with Gasteiger partial charge in [-0.2, -0.15) is 16.8 Å². The molecule has 0 saturated carbocycles. The van der Waals surface area contributed by atoms with Crippen molar-refractivity contribution in [1.29, 1.82) is 0 Å². The van der Waals surface area contributed by atoms with E-state index in [0.29, 0.717) is 12.1 Å². The third-order valence-corrected chi connectivity index (χ3v) is 12.1. The lowest BCUT2D eigenvalue weighted by molar-refractivity contribution is 0.483. The second-order valence-electron chi connectivity index (χ2n) is 5.50. The van der Waals surface area contributed by atoms with Gasteiger partial charge >= 0.3 is 0 Å². The average Bonchev–Trinajstić information content (AvgIpc) is 2.24. The van der Waals surface area contributed by atoms with Gasteiger partial charge in [-0.05, 0) is 38.3 Å². The van der Waals surface area contributed by atoms with Gasteiger partial charge in [-0.3, -0.25) is 0 Å². The topological polar surface area (TPSA) is 86.7 Å². The minimum Gasteiger partial charge on any atom is -0.312 e. The van der Waals surface area contributed by atoms with Crippen molar-refractivity contribution >= 4 is 36.9 Å². The molecule has 6 nitrogen and oxygen atoms in total. The first-order valence-corrected chi connectivity index (χ1v) is 15.1. The Morgan fingerprint density at radius 2 is 1.05 bits per heavy atom. The van der Waals surface area contributed by atoms with E-state index in [1.54, 1.807) is 26.2 Å². The molecule has 0 spiro atoms. The fraction of sp³-hybridized carbons (Fsp3) is 0.600. The van der Waals surface area contributed by atoms with Gasteiger partial charge in [0.25, 0.3) is 20.2 Å². The van der Waals surface area contributed by atoms with Gasteiger partial charge in [0.05, 0.1) is 0 Å². The van der Waals surface area contributed by atoms with Crippen molar-refractivity contribution in [2.75, 3.05) is 0 Å². The van der Waals surface area contributed by atoms with Gasteiger partial charge in [0, 0.05) is 10.8 Å². The predicted molar refractivity (Wildman–Crippen MR) is 85.0 cm³/mol. The molecule has 20 heavy (non-hydrogen) atoms. The number of hydrogen-bond acceptors (Lipinski definition) is 6. The molecule has 0 aliphatic carbocycles. The first kappa shape index (κ1) is 19.7.